The van der Waals surface area contributed by atoms with Gasteiger partial charge in [0.25, 0.3) is 10.0 Å². The van der Waals surface area contributed by atoms with E-state index in [2.05, 4.69) is 19.2 Å². The molecular weight excluding hydrogens is 484 g/mol. The molecule has 0 aliphatic heterocycles. The van der Waals surface area contributed by atoms with Crippen LogP contribution in [0.1, 0.15) is 30.9 Å². The minimum absolute atomic E-state index is 0.117. The first-order valence-electron chi connectivity index (χ1n) is 12.0. The lowest BCUT2D eigenvalue weighted by Crippen LogP contribution is -2.38. The van der Waals surface area contributed by atoms with Crippen LogP contribution in [0.4, 0.5) is 11.4 Å². The fourth-order valence-corrected chi connectivity index (χ4v) is 5.19. The number of sulfonamides is 1. The van der Waals surface area contributed by atoms with Gasteiger partial charge in [0.05, 0.1) is 16.3 Å². The zero-order valence-corrected chi connectivity index (χ0v) is 21.9. The molecule has 0 heterocycles. The maximum absolute atomic E-state index is 13.7. The zero-order chi connectivity index (χ0) is 26.4. The van der Waals surface area contributed by atoms with Crippen LogP contribution >= 0.6 is 0 Å². The number of nitrogens with one attached hydrogen (secondary N) is 1. The molecule has 0 aliphatic carbocycles. The molecule has 0 radical (unpaired) electrons. The number of para-hydroxylation sites is 3. The third kappa shape index (κ3) is 6.37. The van der Waals surface area contributed by atoms with E-state index in [0.717, 1.165) is 15.4 Å². The van der Waals surface area contributed by atoms with E-state index >= 15 is 0 Å². The van der Waals surface area contributed by atoms with Crippen LogP contribution in [0.3, 0.4) is 0 Å². The van der Waals surface area contributed by atoms with Crippen molar-refractivity contribution in [1.82, 2.24) is 0 Å². The predicted octanol–water partition coefficient (Wildman–Crippen LogP) is 6.74. The van der Waals surface area contributed by atoms with Gasteiger partial charge in [-0.1, -0.05) is 74.0 Å². The number of aryl methyl sites for hydroxylation is 1. The third-order valence-electron chi connectivity index (χ3n) is 5.88. The number of rotatable bonds is 9. The first-order chi connectivity index (χ1) is 17.7. The van der Waals surface area contributed by atoms with Gasteiger partial charge in [-0.25, -0.2) is 8.42 Å². The van der Waals surface area contributed by atoms with Crippen molar-refractivity contribution in [2.75, 3.05) is 16.2 Å². The average molecular weight is 515 g/mol. The number of amides is 1. The Bertz CT molecular complexity index is 1450. The number of hydrogen-bond donors (Lipinski definition) is 1. The van der Waals surface area contributed by atoms with Crippen LogP contribution in [0.2, 0.25) is 0 Å². The van der Waals surface area contributed by atoms with E-state index in [1.54, 1.807) is 60.7 Å². The van der Waals surface area contributed by atoms with Crippen molar-refractivity contribution < 1.29 is 17.9 Å². The van der Waals surface area contributed by atoms with Gasteiger partial charge in [-0.05, 0) is 66.9 Å². The van der Waals surface area contributed by atoms with Crippen LogP contribution in [0.25, 0.3) is 0 Å². The molecule has 0 saturated carbocycles. The Kier molecular flexibility index (Phi) is 7.94. The monoisotopic (exact) mass is 514 g/mol. The van der Waals surface area contributed by atoms with Gasteiger partial charge < -0.3 is 10.1 Å². The van der Waals surface area contributed by atoms with Crippen molar-refractivity contribution in [2.24, 2.45) is 0 Å². The Morgan fingerprint density at radius 2 is 1.46 bits per heavy atom. The number of benzene rings is 4. The molecule has 0 saturated heterocycles. The molecule has 37 heavy (non-hydrogen) atoms. The van der Waals surface area contributed by atoms with Gasteiger partial charge in [0.1, 0.15) is 12.3 Å². The molecule has 0 bridgehead atoms. The second kappa shape index (κ2) is 11.3. The summed E-state index contributed by atoms with van der Waals surface area (Å²) < 4.78 is 34.4. The lowest BCUT2D eigenvalue weighted by Gasteiger charge is -2.25. The molecular formula is C30H30N2O4S. The zero-order valence-electron chi connectivity index (χ0n) is 21.1. The average Bonchev–Trinajstić information content (AvgIpc) is 2.89. The van der Waals surface area contributed by atoms with E-state index < -0.39 is 22.5 Å². The van der Waals surface area contributed by atoms with E-state index in [1.165, 1.54) is 0 Å². The number of carbonyl (C=O) groups is 1. The van der Waals surface area contributed by atoms with E-state index in [9.17, 15) is 13.2 Å². The highest BCUT2D eigenvalue weighted by atomic mass is 32.2. The summed E-state index contributed by atoms with van der Waals surface area (Å²) in [7, 11) is -4.01. The largest absolute Gasteiger partial charge is 0.455 e. The summed E-state index contributed by atoms with van der Waals surface area (Å²) in [5.41, 5.74) is 2.88. The summed E-state index contributed by atoms with van der Waals surface area (Å²) in [6.07, 6.45) is 0. The van der Waals surface area contributed by atoms with Gasteiger partial charge >= 0.3 is 0 Å². The van der Waals surface area contributed by atoms with Crippen LogP contribution in [0.15, 0.2) is 108 Å². The maximum atomic E-state index is 13.7. The topological polar surface area (TPSA) is 75.7 Å². The van der Waals surface area contributed by atoms with Crippen LogP contribution in [0, 0.1) is 6.92 Å². The van der Waals surface area contributed by atoms with Crippen molar-refractivity contribution in [1.29, 1.82) is 0 Å². The molecule has 0 unspecified atom stereocenters. The van der Waals surface area contributed by atoms with Crippen molar-refractivity contribution in [2.45, 2.75) is 31.6 Å². The molecule has 0 fully saturated rings. The number of nitrogens with zero attached hydrogens (tertiary/aromatic N) is 1. The summed E-state index contributed by atoms with van der Waals surface area (Å²) in [6, 6.07) is 30.1. The highest BCUT2D eigenvalue weighted by molar-refractivity contribution is 7.92. The Morgan fingerprint density at radius 3 is 2.11 bits per heavy atom. The van der Waals surface area contributed by atoms with Gasteiger partial charge in [-0.2, -0.15) is 0 Å². The molecule has 0 aromatic heterocycles. The summed E-state index contributed by atoms with van der Waals surface area (Å²) in [5, 5.41) is 2.82. The molecule has 6 nitrogen and oxygen atoms in total. The summed E-state index contributed by atoms with van der Waals surface area (Å²) >= 11 is 0. The molecule has 1 amide bonds. The van der Waals surface area contributed by atoms with Crippen LogP contribution in [0.5, 0.6) is 11.5 Å². The molecule has 0 atom stereocenters. The molecule has 4 aromatic rings. The Labute approximate surface area is 218 Å². The molecule has 0 aliphatic rings. The van der Waals surface area contributed by atoms with Crippen LogP contribution in [-0.2, 0) is 14.8 Å². The smallest absolute Gasteiger partial charge is 0.264 e. The van der Waals surface area contributed by atoms with Crippen molar-refractivity contribution in [3.05, 3.63) is 114 Å². The molecule has 0 spiro atoms. The summed E-state index contributed by atoms with van der Waals surface area (Å²) in [5.74, 6) is 0.877. The number of ether oxygens (including phenoxy) is 1. The third-order valence-corrected chi connectivity index (χ3v) is 7.66. The molecule has 190 valence electrons. The van der Waals surface area contributed by atoms with E-state index in [-0.39, 0.29) is 4.90 Å². The highest BCUT2D eigenvalue weighted by Crippen LogP contribution is 2.30. The van der Waals surface area contributed by atoms with Gasteiger partial charge in [-0.3, -0.25) is 9.10 Å². The summed E-state index contributed by atoms with van der Waals surface area (Å²) in [6.45, 7) is 5.62. The molecule has 7 heteroatoms. The molecule has 4 aromatic carbocycles. The molecule has 1 N–H and O–H groups in total. The van der Waals surface area contributed by atoms with Crippen molar-refractivity contribution >= 4 is 27.3 Å². The number of anilines is 2. The van der Waals surface area contributed by atoms with Gasteiger partial charge in [0.15, 0.2) is 5.75 Å². The normalized spacial score (nSPS) is 11.2. The van der Waals surface area contributed by atoms with Crippen LogP contribution in [-0.4, -0.2) is 20.9 Å². The fraction of sp³-hybridized carbons (Fsp3) is 0.167. The Hall–Kier alpha value is -4.10. The molecule has 4 rings (SSSR count). The minimum atomic E-state index is -4.01. The predicted molar refractivity (Wildman–Crippen MR) is 148 cm³/mol. The second-order valence-corrected chi connectivity index (χ2v) is 10.9. The minimum Gasteiger partial charge on any atom is -0.455 e. The van der Waals surface area contributed by atoms with E-state index in [4.69, 9.17) is 4.74 Å². The maximum Gasteiger partial charge on any atom is 0.264 e. The van der Waals surface area contributed by atoms with Crippen molar-refractivity contribution in [3.8, 4) is 11.5 Å². The summed E-state index contributed by atoms with van der Waals surface area (Å²) in [4.78, 5) is 13.4. The van der Waals surface area contributed by atoms with Gasteiger partial charge in [-0.15, -0.1) is 0 Å². The lowest BCUT2D eigenvalue weighted by atomic mass is 10.0. The SMILES string of the molecule is Cc1ccc(S(=O)(=O)N(CC(=O)Nc2ccccc2Oc2ccccc2)c2ccc(C(C)C)cc2)cc1. The van der Waals surface area contributed by atoms with Crippen molar-refractivity contribution in [3.63, 3.8) is 0 Å². The van der Waals surface area contributed by atoms with Gasteiger partial charge in [0, 0.05) is 0 Å². The first kappa shape index (κ1) is 26.0. The highest BCUT2D eigenvalue weighted by Gasteiger charge is 2.27. The number of carbonyl (C=O) groups excluding carboxylic acids is 1. The Balaban J connectivity index is 1.63. The van der Waals surface area contributed by atoms with Crippen LogP contribution < -0.4 is 14.4 Å². The fourth-order valence-electron chi connectivity index (χ4n) is 3.77. The van der Waals surface area contributed by atoms with E-state index in [1.807, 2.05) is 49.4 Å². The second-order valence-electron chi connectivity index (χ2n) is 9.03. The van der Waals surface area contributed by atoms with E-state index in [0.29, 0.717) is 28.8 Å². The first-order valence-corrected chi connectivity index (χ1v) is 13.5. The standard InChI is InChI=1S/C30H30N2O4S/c1-22(2)24-15-17-25(18-16-24)32(37(34,35)27-19-13-23(3)14-20-27)21-30(33)31-28-11-7-8-12-29(28)36-26-9-5-4-6-10-26/h4-20,22H,21H2,1-3H3,(H,31,33). The van der Waals surface area contributed by atoms with Gasteiger partial charge in [0.2, 0.25) is 5.91 Å². The Morgan fingerprint density at radius 1 is 0.838 bits per heavy atom. The number of hydrogen-bond acceptors (Lipinski definition) is 4. The lowest BCUT2D eigenvalue weighted by molar-refractivity contribution is -0.114. The quantitative estimate of drug-likeness (QED) is 0.268.